The van der Waals surface area contributed by atoms with Gasteiger partial charge in [-0.25, -0.2) is 14.5 Å². The molecule has 0 aliphatic heterocycles. The molecule has 7 nitrogen and oxygen atoms in total. The molecule has 0 spiro atoms. The summed E-state index contributed by atoms with van der Waals surface area (Å²) in [6.45, 7) is 5.37. The molecule has 0 aliphatic carbocycles. The van der Waals surface area contributed by atoms with E-state index in [-0.39, 0.29) is 12.2 Å². The quantitative estimate of drug-likeness (QED) is 0.516. The highest BCUT2D eigenvalue weighted by molar-refractivity contribution is 6.29. The number of carbonyl (C=O) groups excluding carboxylic acids is 2. The molecule has 2 rings (SSSR count). The van der Waals surface area contributed by atoms with Gasteiger partial charge in [0, 0.05) is 6.20 Å². The highest BCUT2D eigenvalue weighted by atomic mass is 35.5. The van der Waals surface area contributed by atoms with Gasteiger partial charge < -0.3 is 10.1 Å². The van der Waals surface area contributed by atoms with Gasteiger partial charge in [0.15, 0.2) is 12.1 Å². The van der Waals surface area contributed by atoms with Gasteiger partial charge in [0.1, 0.15) is 16.4 Å². The van der Waals surface area contributed by atoms with Gasteiger partial charge in [-0.2, -0.15) is 5.10 Å². The van der Waals surface area contributed by atoms with Crippen molar-refractivity contribution in [3.63, 3.8) is 0 Å². The topological polar surface area (TPSA) is 86.1 Å². The summed E-state index contributed by atoms with van der Waals surface area (Å²) in [5, 5.41) is 7.04. The Balaban J connectivity index is 2.08. The van der Waals surface area contributed by atoms with Crippen LogP contribution in [0, 0.1) is 11.8 Å². The summed E-state index contributed by atoms with van der Waals surface area (Å²) in [7, 11) is 0. The lowest BCUT2D eigenvalue weighted by atomic mass is 10.2. The van der Waals surface area contributed by atoms with Crippen molar-refractivity contribution < 1.29 is 14.3 Å². The minimum absolute atomic E-state index is 0.0650. The predicted octanol–water partition coefficient (Wildman–Crippen LogP) is 2.61. The summed E-state index contributed by atoms with van der Waals surface area (Å²) in [4.78, 5) is 26.8. The zero-order valence-corrected chi connectivity index (χ0v) is 14.8. The van der Waals surface area contributed by atoms with Crippen LogP contribution in [0.4, 0.5) is 4.79 Å². The highest BCUT2D eigenvalue weighted by Crippen LogP contribution is 2.11. The Morgan fingerprint density at radius 1 is 1.44 bits per heavy atom. The van der Waals surface area contributed by atoms with Gasteiger partial charge in [-0.15, -0.1) is 0 Å². The van der Waals surface area contributed by atoms with E-state index in [1.165, 1.54) is 10.9 Å². The molecule has 1 amide bonds. The van der Waals surface area contributed by atoms with Crippen LogP contribution in [0.25, 0.3) is 5.82 Å². The van der Waals surface area contributed by atoms with Crippen molar-refractivity contribution in [2.24, 2.45) is 0 Å². The zero-order chi connectivity index (χ0) is 18.4. The Hall–Kier alpha value is -2.85. The molecule has 0 saturated heterocycles. The Morgan fingerprint density at radius 2 is 2.20 bits per heavy atom. The number of aldehydes is 1. The van der Waals surface area contributed by atoms with E-state index in [1.54, 1.807) is 39.0 Å². The number of nitrogens with one attached hydrogen (secondary N) is 1. The van der Waals surface area contributed by atoms with Crippen molar-refractivity contribution in [2.75, 3.05) is 6.54 Å². The summed E-state index contributed by atoms with van der Waals surface area (Å²) in [5.41, 5.74) is 0.0135. The van der Waals surface area contributed by atoms with Crippen LogP contribution < -0.4 is 5.32 Å². The summed E-state index contributed by atoms with van der Waals surface area (Å²) in [5.74, 6) is 5.94. The molecule has 0 fully saturated rings. The van der Waals surface area contributed by atoms with E-state index in [1.807, 2.05) is 0 Å². The van der Waals surface area contributed by atoms with Crippen molar-refractivity contribution in [3.8, 4) is 17.7 Å². The molecule has 0 saturated carbocycles. The first-order valence-electron chi connectivity index (χ1n) is 7.42. The van der Waals surface area contributed by atoms with Gasteiger partial charge in [-0.3, -0.25) is 4.79 Å². The summed E-state index contributed by atoms with van der Waals surface area (Å²) < 4.78 is 6.51. The third-order valence-corrected chi connectivity index (χ3v) is 2.94. The van der Waals surface area contributed by atoms with E-state index in [0.29, 0.717) is 22.8 Å². The fourth-order valence-corrected chi connectivity index (χ4v) is 1.93. The number of halogens is 1. The minimum Gasteiger partial charge on any atom is -0.444 e. The van der Waals surface area contributed by atoms with E-state index in [2.05, 4.69) is 27.2 Å². The molecule has 0 bridgehead atoms. The van der Waals surface area contributed by atoms with E-state index < -0.39 is 11.7 Å². The van der Waals surface area contributed by atoms with Crippen LogP contribution in [0.5, 0.6) is 0 Å². The van der Waals surface area contributed by atoms with Crippen LogP contribution in [0.2, 0.25) is 5.15 Å². The molecule has 0 radical (unpaired) electrons. The molecule has 2 heterocycles. The largest absolute Gasteiger partial charge is 0.444 e. The SMILES string of the molecule is CC(C)(C)OC(=O)NCC#Cc1nn(-c2cccc(Cl)n2)cc1C=O. The van der Waals surface area contributed by atoms with Crippen molar-refractivity contribution in [1.29, 1.82) is 0 Å². The highest BCUT2D eigenvalue weighted by Gasteiger charge is 2.15. The number of pyridine rings is 1. The van der Waals surface area contributed by atoms with Crippen LogP contribution >= 0.6 is 11.6 Å². The number of amides is 1. The van der Waals surface area contributed by atoms with Crippen LogP contribution in [-0.4, -0.2) is 39.3 Å². The first-order valence-corrected chi connectivity index (χ1v) is 7.80. The van der Waals surface area contributed by atoms with E-state index in [4.69, 9.17) is 16.3 Å². The fourth-order valence-electron chi connectivity index (χ4n) is 1.77. The Labute approximate surface area is 150 Å². The van der Waals surface area contributed by atoms with E-state index >= 15 is 0 Å². The number of nitrogens with zero attached hydrogens (tertiary/aromatic N) is 3. The molecule has 130 valence electrons. The number of aromatic nitrogens is 3. The maximum absolute atomic E-state index is 11.5. The van der Waals surface area contributed by atoms with Gasteiger partial charge >= 0.3 is 6.09 Å². The molecule has 0 unspecified atom stereocenters. The molecule has 0 atom stereocenters. The van der Waals surface area contributed by atoms with Gasteiger partial charge in [0.2, 0.25) is 0 Å². The Morgan fingerprint density at radius 3 is 2.84 bits per heavy atom. The fraction of sp³-hybridized carbons (Fsp3) is 0.294. The number of alkyl carbamates (subject to hydrolysis) is 1. The van der Waals surface area contributed by atoms with Crippen molar-refractivity contribution >= 4 is 24.0 Å². The molecule has 0 aliphatic rings. The number of carbonyl (C=O) groups is 2. The standard InChI is InChI=1S/C17H17ClN4O3/c1-17(2,3)25-16(24)19-9-5-6-13-12(11-23)10-22(21-13)15-8-4-7-14(18)20-15/h4,7-8,10-11H,9H2,1-3H3,(H,19,24). The number of hydrogen-bond donors (Lipinski definition) is 1. The molecule has 0 aromatic carbocycles. The third kappa shape index (κ3) is 5.62. The van der Waals surface area contributed by atoms with Gasteiger partial charge in [-0.05, 0) is 38.8 Å². The molecule has 25 heavy (non-hydrogen) atoms. The van der Waals surface area contributed by atoms with Crippen LogP contribution in [0.15, 0.2) is 24.4 Å². The smallest absolute Gasteiger partial charge is 0.408 e. The number of hydrogen-bond acceptors (Lipinski definition) is 5. The average Bonchev–Trinajstić information content (AvgIpc) is 2.93. The second-order valence-corrected chi connectivity index (χ2v) is 6.36. The lowest BCUT2D eigenvalue weighted by Crippen LogP contribution is -2.32. The lowest BCUT2D eigenvalue weighted by molar-refractivity contribution is 0.0535. The summed E-state index contributed by atoms with van der Waals surface area (Å²) in [6, 6.07) is 5.07. The first kappa shape index (κ1) is 18.5. The molecule has 1 N–H and O–H groups in total. The minimum atomic E-state index is -0.578. The maximum atomic E-state index is 11.5. The van der Waals surface area contributed by atoms with Gasteiger partial charge in [0.05, 0.1) is 12.1 Å². The summed E-state index contributed by atoms with van der Waals surface area (Å²) >= 11 is 5.85. The van der Waals surface area contributed by atoms with Gasteiger partial charge in [-0.1, -0.05) is 23.6 Å². The lowest BCUT2D eigenvalue weighted by Gasteiger charge is -2.18. The Kier molecular flexibility index (Phi) is 5.78. The average molecular weight is 361 g/mol. The number of ether oxygens (including phenoxy) is 1. The van der Waals surface area contributed by atoms with Crippen molar-refractivity contribution in [2.45, 2.75) is 26.4 Å². The summed E-state index contributed by atoms with van der Waals surface area (Å²) in [6.07, 6.45) is 1.60. The van der Waals surface area contributed by atoms with Crippen LogP contribution in [0.3, 0.4) is 0 Å². The van der Waals surface area contributed by atoms with Crippen molar-refractivity contribution in [3.05, 3.63) is 40.8 Å². The van der Waals surface area contributed by atoms with E-state index in [9.17, 15) is 9.59 Å². The normalized spacial score (nSPS) is 10.6. The molecule has 8 heteroatoms. The number of rotatable bonds is 3. The van der Waals surface area contributed by atoms with E-state index in [0.717, 1.165) is 0 Å². The monoisotopic (exact) mass is 360 g/mol. The molecule has 2 aromatic rings. The van der Waals surface area contributed by atoms with Gasteiger partial charge in [0.25, 0.3) is 0 Å². The Bertz CT molecular complexity index is 844. The first-order chi connectivity index (χ1) is 11.8. The molecular weight excluding hydrogens is 344 g/mol. The second-order valence-electron chi connectivity index (χ2n) is 5.97. The molecular formula is C17H17ClN4O3. The predicted molar refractivity (Wildman–Crippen MR) is 92.9 cm³/mol. The molecule has 2 aromatic heterocycles. The van der Waals surface area contributed by atoms with Crippen LogP contribution in [-0.2, 0) is 4.74 Å². The maximum Gasteiger partial charge on any atom is 0.408 e. The van der Waals surface area contributed by atoms with Crippen molar-refractivity contribution in [1.82, 2.24) is 20.1 Å². The van der Waals surface area contributed by atoms with Crippen LogP contribution in [0.1, 0.15) is 36.8 Å². The zero-order valence-electron chi connectivity index (χ0n) is 14.0. The second kappa shape index (κ2) is 7.81. The third-order valence-electron chi connectivity index (χ3n) is 2.73.